The minimum Gasteiger partial charge on any atom is -0.384 e. The first-order chi connectivity index (χ1) is 5.71. The van der Waals surface area contributed by atoms with Crippen LogP contribution >= 0.6 is 11.8 Å². The molecule has 1 aliphatic rings. The second-order valence-electron chi connectivity index (χ2n) is 3.24. The Kier molecular flexibility index (Phi) is 1.88. The van der Waals surface area contributed by atoms with Gasteiger partial charge in [-0.1, -0.05) is 0 Å². The van der Waals surface area contributed by atoms with Gasteiger partial charge in [-0.3, -0.25) is 4.68 Å². The maximum Gasteiger partial charge on any atom is 0.102 e. The van der Waals surface area contributed by atoms with Gasteiger partial charge in [0.15, 0.2) is 0 Å². The second-order valence-corrected chi connectivity index (χ2v) is 4.34. The molecule has 0 saturated carbocycles. The van der Waals surface area contributed by atoms with Crippen LogP contribution < -0.4 is 0 Å². The summed E-state index contributed by atoms with van der Waals surface area (Å²) in [4.78, 5) is 0. The van der Waals surface area contributed by atoms with Crippen LogP contribution in [-0.4, -0.2) is 26.4 Å². The summed E-state index contributed by atoms with van der Waals surface area (Å²) in [5, 5.41) is 14.2. The number of aliphatic hydroxyl groups is 1. The van der Waals surface area contributed by atoms with Crippen molar-refractivity contribution >= 4 is 11.8 Å². The van der Waals surface area contributed by atoms with Crippen molar-refractivity contribution in [3.05, 3.63) is 18.0 Å². The fourth-order valence-corrected chi connectivity index (χ4v) is 2.72. The van der Waals surface area contributed by atoms with Gasteiger partial charge < -0.3 is 5.11 Å². The minimum atomic E-state index is -0.612. The third kappa shape index (κ3) is 1.25. The Labute approximate surface area is 75.8 Å². The lowest BCUT2D eigenvalue weighted by Gasteiger charge is -2.18. The SMILES string of the molecule is Cn1cc(C2(O)CCSC2)cn1. The molecule has 1 aromatic rings. The Morgan fingerprint density at radius 1 is 1.75 bits per heavy atom. The second kappa shape index (κ2) is 2.78. The fraction of sp³-hybridized carbons (Fsp3) is 0.625. The highest BCUT2D eigenvalue weighted by atomic mass is 32.2. The van der Waals surface area contributed by atoms with Crippen molar-refractivity contribution in [3.63, 3.8) is 0 Å². The van der Waals surface area contributed by atoms with Gasteiger partial charge in [0.05, 0.1) is 6.20 Å². The van der Waals surface area contributed by atoms with Crippen LogP contribution in [0.5, 0.6) is 0 Å². The lowest BCUT2D eigenvalue weighted by Crippen LogP contribution is -2.23. The molecule has 1 aromatic heterocycles. The van der Waals surface area contributed by atoms with Gasteiger partial charge >= 0.3 is 0 Å². The molecule has 2 heterocycles. The van der Waals surface area contributed by atoms with Gasteiger partial charge in [0.2, 0.25) is 0 Å². The molecule has 1 unspecified atom stereocenters. The van der Waals surface area contributed by atoms with Gasteiger partial charge in [-0.2, -0.15) is 16.9 Å². The molecule has 0 aliphatic carbocycles. The standard InChI is InChI=1S/C8H12N2OS/c1-10-5-7(4-9-10)8(11)2-3-12-6-8/h4-5,11H,2-3,6H2,1H3. The molecule has 1 saturated heterocycles. The largest absolute Gasteiger partial charge is 0.384 e. The third-order valence-electron chi connectivity index (χ3n) is 2.24. The first-order valence-electron chi connectivity index (χ1n) is 4.00. The average Bonchev–Trinajstić information content (AvgIpc) is 2.59. The van der Waals surface area contributed by atoms with Gasteiger partial charge in [-0.15, -0.1) is 0 Å². The van der Waals surface area contributed by atoms with Crippen LogP contribution in [0, 0.1) is 0 Å². The van der Waals surface area contributed by atoms with Gasteiger partial charge in [-0.05, 0) is 12.2 Å². The summed E-state index contributed by atoms with van der Waals surface area (Å²) in [6.45, 7) is 0. The molecule has 66 valence electrons. The first kappa shape index (κ1) is 8.13. The van der Waals surface area contributed by atoms with E-state index in [1.807, 2.05) is 13.2 Å². The maximum absolute atomic E-state index is 10.1. The summed E-state index contributed by atoms with van der Waals surface area (Å²) < 4.78 is 1.73. The Morgan fingerprint density at radius 3 is 3.08 bits per heavy atom. The molecule has 1 aliphatic heterocycles. The zero-order chi connectivity index (χ0) is 8.60. The first-order valence-corrected chi connectivity index (χ1v) is 5.15. The van der Waals surface area contributed by atoms with E-state index >= 15 is 0 Å². The predicted octanol–water partition coefficient (Wildman–Crippen LogP) is 0.745. The number of rotatable bonds is 1. The van der Waals surface area contributed by atoms with Gasteiger partial charge in [0, 0.05) is 24.6 Å². The number of nitrogens with zero attached hydrogens (tertiary/aromatic N) is 2. The highest BCUT2D eigenvalue weighted by Gasteiger charge is 2.34. The summed E-state index contributed by atoms with van der Waals surface area (Å²) in [5.74, 6) is 1.85. The Morgan fingerprint density at radius 2 is 2.58 bits per heavy atom. The van der Waals surface area contributed by atoms with Crippen LogP contribution in [0.1, 0.15) is 12.0 Å². The Hall–Kier alpha value is -0.480. The van der Waals surface area contributed by atoms with Crippen molar-refractivity contribution in [1.29, 1.82) is 0 Å². The van der Waals surface area contributed by atoms with E-state index in [0.717, 1.165) is 23.5 Å². The van der Waals surface area contributed by atoms with Crippen molar-refractivity contribution in [3.8, 4) is 0 Å². The minimum absolute atomic E-state index is 0.612. The molecule has 0 bridgehead atoms. The van der Waals surface area contributed by atoms with Gasteiger partial charge in [0.1, 0.15) is 5.60 Å². The van der Waals surface area contributed by atoms with Crippen LogP contribution in [0.2, 0.25) is 0 Å². The molecule has 1 atom stereocenters. The van der Waals surface area contributed by atoms with E-state index in [-0.39, 0.29) is 0 Å². The molecule has 1 fully saturated rings. The van der Waals surface area contributed by atoms with E-state index in [0.29, 0.717) is 0 Å². The molecular weight excluding hydrogens is 172 g/mol. The fourth-order valence-electron chi connectivity index (χ4n) is 1.44. The molecule has 4 heteroatoms. The molecule has 0 aromatic carbocycles. The quantitative estimate of drug-likeness (QED) is 0.699. The molecule has 0 radical (unpaired) electrons. The van der Waals surface area contributed by atoms with Crippen LogP contribution in [0.4, 0.5) is 0 Å². The summed E-state index contributed by atoms with van der Waals surface area (Å²) in [5.41, 5.74) is 0.342. The molecule has 0 spiro atoms. The Balaban J connectivity index is 2.28. The zero-order valence-electron chi connectivity index (χ0n) is 7.03. The number of hydrogen-bond acceptors (Lipinski definition) is 3. The van der Waals surface area contributed by atoms with E-state index in [2.05, 4.69) is 5.10 Å². The van der Waals surface area contributed by atoms with Crippen molar-refractivity contribution in [2.75, 3.05) is 11.5 Å². The van der Waals surface area contributed by atoms with E-state index in [9.17, 15) is 5.11 Å². The molecule has 12 heavy (non-hydrogen) atoms. The number of thioether (sulfide) groups is 1. The lowest BCUT2D eigenvalue weighted by molar-refractivity contribution is 0.0657. The number of hydrogen-bond donors (Lipinski definition) is 1. The summed E-state index contributed by atoms with van der Waals surface area (Å²) in [6, 6.07) is 0. The van der Waals surface area contributed by atoms with E-state index in [1.54, 1.807) is 22.6 Å². The van der Waals surface area contributed by atoms with Crippen molar-refractivity contribution in [2.45, 2.75) is 12.0 Å². The molecule has 0 amide bonds. The Bertz CT molecular complexity index is 278. The zero-order valence-corrected chi connectivity index (χ0v) is 7.84. The topological polar surface area (TPSA) is 38.0 Å². The highest BCUT2D eigenvalue weighted by molar-refractivity contribution is 7.99. The maximum atomic E-state index is 10.1. The van der Waals surface area contributed by atoms with Gasteiger partial charge in [-0.25, -0.2) is 0 Å². The summed E-state index contributed by atoms with van der Waals surface area (Å²) in [7, 11) is 1.87. The van der Waals surface area contributed by atoms with E-state index in [4.69, 9.17) is 0 Å². The monoisotopic (exact) mass is 184 g/mol. The van der Waals surface area contributed by atoms with Crippen LogP contribution in [-0.2, 0) is 12.6 Å². The normalized spacial score (nSPS) is 29.5. The summed E-state index contributed by atoms with van der Waals surface area (Å²) >= 11 is 1.80. The van der Waals surface area contributed by atoms with Crippen LogP contribution in [0.15, 0.2) is 12.4 Å². The van der Waals surface area contributed by atoms with Crippen LogP contribution in [0.3, 0.4) is 0 Å². The van der Waals surface area contributed by atoms with E-state index < -0.39 is 5.60 Å². The van der Waals surface area contributed by atoms with Crippen molar-refractivity contribution < 1.29 is 5.11 Å². The number of aromatic nitrogens is 2. The smallest absolute Gasteiger partial charge is 0.102 e. The average molecular weight is 184 g/mol. The van der Waals surface area contributed by atoms with Crippen LogP contribution in [0.25, 0.3) is 0 Å². The lowest BCUT2D eigenvalue weighted by atomic mass is 9.97. The van der Waals surface area contributed by atoms with Crippen molar-refractivity contribution in [2.24, 2.45) is 7.05 Å². The third-order valence-corrected chi connectivity index (χ3v) is 3.42. The molecular formula is C8H12N2OS. The summed E-state index contributed by atoms with van der Waals surface area (Å²) in [6.07, 6.45) is 4.50. The van der Waals surface area contributed by atoms with Crippen molar-refractivity contribution in [1.82, 2.24) is 9.78 Å². The van der Waals surface area contributed by atoms with E-state index in [1.165, 1.54) is 0 Å². The molecule has 2 rings (SSSR count). The predicted molar refractivity (Wildman–Crippen MR) is 49.0 cm³/mol. The van der Waals surface area contributed by atoms with Gasteiger partial charge in [0.25, 0.3) is 0 Å². The number of aryl methyl sites for hydroxylation is 1. The molecule has 3 nitrogen and oxygen atoms in total. The highest BCUT2D eigenvalue weighted by Crippen LogP contribution is 2.36. The molecule has 1 N–H and O–H groups in total.